The Kier molecular flexibility index (Phi) is 15.3. The summed E-state index contributed by atoms with van der Waals surface area (Å²) in [5.41, 5.74) is 5.46. The van der Waals surface area contributed by atoms with Gasteiger partial charge in [0.15, 0.2) is 24.8 Å². The second kappa shape index (κ2) is 20.5. The molecule has 17 heteroatoms. The Morgan fingerprint density at radius 3 is 1.38 bits per heavy atom. The van der Waals surface area contributed by atoms with Gasteiger partial charge in [0.05, 0.1) is 11.1 Å². The molecule has 0 saturated carbocycles. The van der Waals surface area contributed by atoms with Gasteiger partial charge in [-0.3, -0.25) is 9.59 Å². The number of ether oxygens (including phenoxy) is 4. The molecule has 0 aliphatic rings. The number of halogens is 6. The monoisotopic (exact) mass is 877 g/mol. The van der Waals surface area contributed by atoms with Crippen LogP contribution in [0.4, 0.5) is 32.0 Å². The number of rotatable bonds is 18. The van der Waals surface area contributed by atoms with E-state index in [0.29, 0.717) is 22.4 Å². The third-order valence-electron chi connectivity index (χ3n) is 8.83. The van der Waals surface area contributed by atoms with Gasteiger partial charge in [-0.1, -0.05) is 48.6 Å². The number of nitrogens with two attached hydrogens (primary N) is 1. The van der Waals surface area contributed by atoms with E-state index in [-0.39, 0.29) is 40.5 Å². The predicted octanol–water partition coefficient (Wildman–Crippen LogP) is 8.18. The zero-order valence-corrected chi connectivity index (χ0v) is 32.8. The molecule has 0 fully saturated rings. The van der Waals surface area contributed by atoms with Gasteiger partial charge in [-0.25, -0.2) is 9.59 Å². The van der Waals surface area contributed by atoms with Crippen molar-refractivity contribution in [2.24, 2.45) is 0 Å². The van der Waals surface area contributed by atoms with Gasteiger partial charge in [-0.15, -0.1) is 0 Å². The van der Waals surface area contributed by atoms with E-state index in [1.807, 2.05) is 0 Å². The molecule has 5 aromatic rings. The minimum Gasteiger partial charge on any atom is -0.484 e. The first-order valence-corrected chi connectivity index (χ1v) is 18.7. The lowest BCUT2D eigenvalue weighted by Crippen LogP contribution is -2.44. The Bertz CT molecular complexity index is 2410. The van der Waals surface area contributed by atoms with E-state index in [1.54, 1.807) is 24.3 Å². The van der Waals surface area contributed by atoms with Crippen molar-refractivity contribution in [1.82, 2.24) is 0 Å². The van der Waals surface area contributed by atoms with Crippen LogP contribution in [0.2, 0.25) is 0 Å². The Hall–Kier alpha value is -7.24. The van der Waals surface area contributed by atoms with E-state index >= 15 is 0 Å². The number of ketones is 2. The number of anilines is 1. The van der Waals surface area contributed by atoms with Crippen molar-refractivity contribution in [2.45, 2.75) is 36.9 Å². The van der Waals surface area contributed by atoms with Crippen LogP contribution < -0.4 is 24.7 Å². The number of esters is 2. The topological polar surface area (TPSA) is 172 Å². The van der Waals surface area contributed by atoms with E-state index in [4.69, 9.17) is 15.2 Å². The van der Waals surface area contributed by atoms with Gasteiger partial charge in [0, 0.05) is 18.5 Å². The fourth-order valence-corrected chi connectivity index (χ4v) is 5.60. The Morgan fingerprint density at radius 1 is 0.571 bits per heavy atom. The van der Waals surface area contributed by atoms with Crippen LogP contribution >= 0.6 is 0 Å². The van der Waals surface area contributed by atoms with Crippen LogP contribution in [-0.2, 0) is 16.0 Å². The summed E-state index contributed by atoms with van der Waals surface area (Å²) < 4.78 is 94.1. The maximum absolute atomic E-state index is 13.6. The number of alkyl halides is 6. The molecule has 0 radical (unpaired) electrons. The molecule has 2 unspecified atom stereocenters. The number of hydrogen-bond donors (Lipinski definition) is 3. The normalized spacial score (nSPS) is 13.3. The van der Waals surface area contributed by atoms with Gasteiger partial charge in [-0.05, 0) is 114 Å². The number of carbonyl (C=O) groups is 4. The summed E-state index contributed by atoms with van der Waals surface area (Å²) in [4.78, 5) is 51.9. The van der Waals surface area contributed by atoms with Crippen LogP contribution in [0.15, 0.2) is 133 Å². The van der Waals surface area contributed by atoms with Gasteiger partial charge in [-0.2, -0.15) is 26.3 Å². The number of nitrogen functional groups attached to an aromatic ring is 1. The van der Waals surface area contributed by atoms with Crippen molar-refractivity contribution >= 4 is 41.3 Å². The maximum atomic E-state index is 13.6. The van der Waals surface area contributed by atoms with Crippen molar-refractivity contribution in [2.75, 3.05) is 18.9 Å². The van der Waals surface area contributed by atoms with Gasteiger partial charge in [0.25, 0.3) is 0 Å². The van der Waals surface area contributed by atoms with Crippen molar-refractivity contribution < 1.29 is 74.7 Å². The van der Waals surface area contributed by atoms with Gasteiger partial charge in [0.1, 0.15) is 34.7 Å². The molecule has 0 amide bonds. The maximum Gasteiger partial charge on any atom is 0.422 e. The van der Waals surface area contributed by atoms with E-state index < -0.39 is 67.2 Å². The van der Waals surface area contributed by atoms with Crippen LogP contribution in [0.3, 0.4) is 0 Å². The average molecular weight is 878 g/mol. The largest absolute Gasteiger partial charge is 0.484 e. The summed E-state index contributed by atoms with van der Waals surface area (Å²) in [6.45, 7) is -2.96. The molecular formula is C46H37F6NO10. The number of hydrogen-bond acceptors (Lipinski definition) is 11. The minimum atomic E-state index is -4.52. The molecule has 5 rings (SSSR count). The summed E-state index contributed by atoms with van der Waals surface area (Å²) >= 11 is 0. The first-order chi connectivity index (χ1) is 29.7. The van der Waals surface area contributed by atoms with E-state index in [9.17, 15) is 55.7 Å². The highest BCUT2D eigenvalue weighted by molar-refractivity contribution is 6.02. The van der Waals surface area contributed by atoms with Crippen LogP contribution in [0, 0.1) is 0 Å². The summed E-state index contributed by atoms with van der Waals surface area (Å²) in [6, 6.07) is 27.7. The van der Waals surface area contributed by atoms with Crippen molar-refractivity contribution in [3.05, 3.63) is 161 Å². The molecule has 0 bridgehead atoms. The molecule has 0 heterocycles. The lowest BCUT2D eigenvalue weighted by atomic mass is 9.83. The Balaban J connectivity index is 1.19. The molecular weight excluding hydrogens is 840 g/mol. The second-order valence-electron chi connectivity index (χ2n) is 13.9. The first-order valence-electron chi connectivity index (χ1n) is 18.7. The molecule has 11 nitrogen and oxygen atoms in total. The molecule has 5 aromatic carbocycles. The molecule has 0 saturated heterocycles. The minimum absolute atomic E-state index is 0.0493. The summed E-state index contributed by atoms with van der Waals surface area (Å²) in [5.74, 6) is -3.30. The number of carbonyl (C=O) groups excluding carboxylic acids is 4. The highest BCUT2D eigenvalue weighted by atomic mass is 19.4. The lowest BCUT2D eigenvalue weighted by molar-refractivity contribution is -0.154. The van der Waals surface area contributed by atoms with E-state index in [2.05, 4.69) is 9.47 Å². The smallest absolute Gasteiger partial charge is 0.422 e. The van der Waals surface area contributed by atoms with Crippen molar-refractivity contribution in [1.29, 1.82) is 0 Å². The van der Waals surface area contributed by atoms with Gasteiger partial charge < -0.3 is 34.9 Å². The summed E-state index contributed by atoms with van der Waals surface area (Å²) in [7, 11) is 0. The molecule has 0 aliphatic heterocycles. The zero-order valence-electron chi connectivity index (χ0n) is 32.8. The molecule has 0 aliphatic carbocycles. The predicted molar refractivity (Wildman–Crippen MR) is 217 cm³/mol. The van der Waals surface area contributed by atoms with Crippen LogP contribution in [0.5, 0.6) is 23.0 Å². The van der Waals surface area contributed by atoms with Crippen molar-refractivity contribution in [3.63, 3.8) is 0 Å². The lowest BCUT2D eigenvalue weighted by Gasteiger charge is -2.27. The fourth-order valence-electron chi connectivity index (χ4n) is 5.60. The van der Waals surface area contributed by atoms with Crippen LogP contribution in [0.1, 0.15) is 43.8 Å². The molecule has 63 heavy (non-hydrogen) atoms. The second-order valence-corrected chi connectivity index (χ2v) is 13.9. The third kappa shape index (κ3) is 15.0. The highest BCUT2D eigenvalue weighted by Gasteiger charge is 2.38. The Labute approximate surface area is 355 Å². The standard InChI is InChI=1S/C46H37F6NO10/c47-45(48,49)27-60-35-15-19-37(20-16-35)62-42(57)32-9-1-29(2-10-32)7-23-39(54)40(55)26-44(59,25-31-5-13-34(53)14-6-31)41(56)24-8-30-3-11-33(12-4-30)43(58)63-38-21-17-36(18-22-38)61-28-46(50,51)52/h1-24,40,55,59H,25-28,53H2/b23-7+,24-8+. The third-order valence-corrected chi connectivity index (χ3v) is 8.83. The SMILES string of the molecule is Nc1ccc(CC(O)(CC(O)C(=O)/C=C/c2ccc(C(=O)Oc3ccc(OCC(F)(F)F)cc3)cc2)C(=O)/C=C/c2ccc(C(=O)Oc3ccc(OCC(F)(F)F)cc3)cc2)cc1. The Morgan fingerprint density at radius 2 is 0.968 bits per heavy atom. The molecule has 4 N–H and O–H groups in total. The molecule has 0 spiro atoms. The quantitative estimate of drug-likeness (QED) is 0.0255. The average Bonchev–Trinajstić information content (AvgIpc) is 3.24. The van der Waals surface area contributed by atoms with Crippen LogP contribution in [0.25, 0.3) is 12.2 Å². The highest BCUT2D eigenvalue weighted by Crippen LogP contribution is 2.26. The van der Waals surface area contributed by atoms with E-state index in [0.717, 1.165) is 12.2 Å². The first kappa shape index (κ1) is 46.8. The summed E-state index contributed by atoms with van der Waals surface area (Å²) in [5, 5.41) is 22.6. The number of aliphatic hydroxyl groups is 2. The van der Waals surface area contributed by atoms with Crippen LogP contribution in [-0.4, -0.2) is 71.0 Å². The number of benzene rings is 5. The zero-order chi connectivity index (χ0) is 45.8. The number of aliphatic hydroxyl groups excluding tert-OH is 1. The molecule has 2 atom stereocenters. The van der Waals surface area contributed by atoms with Crippen molar-refractivity contribution in [3.8, 4) is 23.0 Å². The van der Waals surface area contributed by atoms with Gasteiger partial charge in [0.2, 0.25) is 0 Å². The van der Waals surface area contributed by atoms with Gasteiger partial charge >= 0.3 is 24.3 Å². The molecule has 0 aromatic heterocycles. The fraction of sp³-hybridized carbons (Fsp3) is 0.174. The van der Waals surface area contributed by atoms with E-state index in [1.165, 1.54) is 109 Å². The molecule has 328 valence electrons. The summed E-state index contributed by atoms with van der Waals surface area (Å²) in [6.07, 6.45) is -7.08.